The van der Waals surface area contributed by atoms with Crippen LogP contribution in [0.3, 0.4) is 0 Å². The van der Waals surface area contributed by atoms with Gasteiger partial charge >= 0.3 is 0 Å². The van der Waals surface area contributed by atoms with Gasteiger partial charge < -0.3 is 10.3 Å². The van der Waals surface area contributed by atoms with E-state index in [2.05, 4.69) is 34.3 Å². The van der Waals surface area contributed by atoms with Crippen LogP contribution in [0.2, 0.25) is 0 Å². The second-order valence-corrected chi connectivity index (χ2v) is 5.17. The van der Waals surface area contributed by atoms with Crippen molar-refractivity contribution in [1.29, 1.82) is 0 Å². The number of hydrogen-bond donors (Lipinski definition) is 2. The van der Waals surface area contributed by atoms with E-state index >= 15 is 0 Å². The first kappa shape index (κ1) is 13.3. The highest BCUT2D eigenvalue weighted by molar-refractivity contribution is 5.41. The van der Waals surface area contributed by atoms with Crippen LogP contribution in [0.15, 0.2) is 18.3 Å². The number of likely N-dealkylation sites (N-methyl/N-ethyl adjacent to an activating group) is 1. The SMILES string of the molecule is CN(C)C1CCCN(Cc2cc(NN)ccn2)C1. The predicted octanol–water partition coefficient (Wildman–Crippen LogP) is 0.893. The lowest BCUT2D eigenvalue weighted by Gasteiger charge is -2.35. The number of piperidine rings is 1. The lowest BCUT2D eigenvalue weighted by atomic mass is 10.0. The molecule has 1 aliphatic rings. The quantitative estimate of drug-likeness (QED) is 0.613. The number of nitrogen functional groups attached to an aromatic ring is 1. The van der Waals surface area contributed by atoms with Crippen LogP contribution in [-0.4, -0.2) is 48.0 Å². The summed E-state index contributed by atoms with van der Waals surface area (Å²) in [6, 6.07) is 4.55. The number of hydrazine groups is 1. The van der Waals surface area contributed by atoms with E-state index in [1.807, 2.05) is 12.1 Å². The van der Waals surface area contributed by atoms with E-state index in [-0.39, 0.29) is 0 Å². The van der Waals surface area contributed by atoms with Gasteiger partial charge in [-0.05, 0) is 45.6 Å². The summed E-state index contributed by atoms with van der Waals surface area (Å²) >= 11 is 0. The van der Waals surface area contributed by atoms with Gasteiger partial charge in [0, 0.05) is 25.3 Å². The Balaban J connectivity index is 1.95. The standard InChI is InChI=1S/C13H23N5/c1-17(2)13-4-3-7-18(10-13)9-12-8-11(16-14)5-6-15-12/h5-6,8,13H,3-4,7,9-10,14H2,1-2H3,(H,15,16). The van der Waals surface area contributed by atoms with Crippen molar-refractivity contribution in [2.24, 2.45) is 5.84 Å². The smallest absolute Gasteiger partial charge is 0.0564 e. The average Bonchev–Trinajstić information content (AvgIpc) is 2.39. The number of nitrogens with one attached hydrogen (secondary N) is 1. The fourth-order valence-electron chi connectivity index (χ4n) is 2.48. The van der Waals surface area contributed by atoms with Crippen LogP contribution in [0.25, 0.3) is 0 Å². The van der Waals surface area contributed by atoms with E-state index in [0.717, 1.165) is 31.0 Å². The molecule has 2 heterocycles. The van der Waals surface area contributed by atoms with Crippen molar-refractivity contribution in [3.63, 3.8) is 0 Å². The second kappa shape index (κ2) is 6.13. The third-order valence-electron chi connectivity index (χ3n) is 3.58. The fourth-order valence-corrected chi connectivity index (χ4v) is 2.48. The highest BCUT2D eigenvalue weighted by atomic mass is 15.2. The Morgan fingerprint density at radius 1 is 1.56 bits per heavy atom. The molecule has 0 saturated carbocycles. The molecule has 5 nitrogen and oxygen atoms in total. The number of likely N-dealkylation sites (tertiary alicyclic amines) is 1. The van der Waals surface area contributed by atoms with Gasteiger partial charge in [-0.25, -0.2) is 0 Å². The molecule has 1 aromatic heterocycles. The number of nitrogens with two attached hydrogens (primary N) is 1. The summed E-state index contributed by atoms with van der Waals surface area (Å²) in [4.78, 5) is 9.19. The lowest BCUT2D eigenvalue weighted by Crippen LogP contribution is -2.44. The minimum Gasteiger partial charge on any atom is -0.324 e. The van der Waals surface area contributed by atoms with E-state index in [9.17, 15) is 0 Å². The topological polar surface area (TPSA) is 57.4 Å². The Labute approximate surface area is 109 Å². The largest absolute Gasteiger partial charge is 0.324 e. The van der Waals surface area contributed by atoms with Crippen molar-refractivity contribution >= 4 is 5.69 Å². The zero-order valence-electron chi connectivity index (χ0n) is 11.3. The third kappa shape index (κ3) is 3.41. The summed E-state index contributed by atoms with van der Waals surface area (Å²) in [5.74, 6) is 5.42. The summed E-state index contributed by atoms with van der Waals surface area (Å²) in [5, 5.41) is 0. The van der Waals surface area contributed by atoms with Crippen LogP contribution in [0.4, 0.5) is 5.69 Å². The summed E-state index contributed by atoms with van der Waals surface area (Å²) in [7, 11) is 4.32. The number of hydrogen-bond acceptors (Lipinski definition) is 5. The van der Waals surface area contributed by atoms with Gasteiger partial charge in [0.2, 0.25) is 0 Å². The molecule has 1 aromatic rings. The molecule has 1 saturated heterocycles. The molecule has 1 aliphatic heterocycles. The molecule has 100 valence electrons. The van der Waals surface area contributed by atoms with Crippen LogP contribution in [-0.2, 0) is 6.54 Å². The van der Waals surface area contributed by atoms with E-state index in [1.54, 1.807) is 6.20 Å². The van der Waals surface area contributed by atoms with Crippen LogP contribution in [0.1, 0.15) is 18.5 Å². The fraction of sp³-hybridized carbons (Fsp3) is 0.615. The predicted molar refractivity (Wildman–Crippen MR) is 74.0 cm³/mol. The van der Waals surface area contributed by atoms with Crippen molar-refractivity contribution in [2.75, 3.05) is 32.6 Å². The highest BCUT2D eigenvalue weighted by Crippen LogP contribution is 2.16. The van der Waals surface area contributed by atoms with Gasteiger partial charge in [0.05, 0.1) is 11.4 Å². The zero-order chi connectivity index (χ0) is 13.0. The van der Waals surface area contributed by atoms with Gasteiger partial charge in [-0.2, -0.15) is 0 Å². The molecule has 0 bridgehead atoms. The maximum absolute atomic E-state index is 5.42. The van der Waals surface area contributed by atoms with Crippen LogP contribution in [0, 0.1) is 0 Å². The highest BCUT2D eigenvalue weighted by Gasteiger charge is 2.21. The molecule has 0 amide bonds. The summed E-state index contributed by atoms with van der Waals surface area (Å²) in [6.45, 7) is 3.18. The van der Waals surface area contributed by atoms with Gasteiger partial charge in [0.25, 0.3) is 0 Å². The summed E-state index contributed by atoms with van der Waals surface area (Å²) < 4.78 is 0. The van der Waals surface area contributed by atoms with Crippen molar-refractivity contribution in [1.82, 2.24) is 14.8 Å². The molecule has 5 heteroatoms. The molecule has 0 spiro atoms. The zero-order valence-corrected chi connectivity index (χ0v) is 11.3. The van der Waals surface area contributed by atoms with Crippen LogP contribution >= 0.6 is 0 Å². The number of pyridine rings is 1. The Kier molecular flexibility index (Phi) is 4.52. The van der Waals surface area contributed by atoms with Gasteiger partial charge in [-0.15, -0.1) is 0 Å². The Morgan fingerprint density at radius 2 is 2.39 bits per heavy atom. The van der Waals surface area contributed by atoms with Crippen LogP contribution < -0.4 is 11.3 Å². The first-order valence-corrected chi connectivity index (χ1v) is 6.49. The van der Waals surface area contributed by atoms with Gasteiger partial charge in [0.15, 0.2) is 0 Å². The average molecular weight is 249 g/mol. The molecule has 1 unspecified atom stereocenters. The van der Waals surface area contributed by atoms with E-state index in [0.29, 0.717) is 6.04 Å². The molecular weight excluding hydrogens is 226 g/mol. The van der Waals surface area contributed by atoms with Crippen molar-refractivity contribution in [2.45, 2.75) is 25.4 Å². The molecule has 18 heavy (non-hydrogen) atoms. The van der Waals surface area contributed by atoms with Crippen molar-refractivity contribution < 1.29 is 0 Å². The van der Waals surface area contributed by atoms with Gasteiger partial charge in [-0.1, -0.05) is 0 Å². The monoisotopic (exact) mass is 249 g/mol. The first-order valence-electron chi connectivity index (χ1n) is 6.49. The van der Waals surface area contributed by atoms with E-state index in [1.165, 1.54) is 12.8 Å². The molecule has 0 aliphatic carbocycles. The number of aromatic nitrogens is 1. The van der Waals surface area contributed by atoms with E-state index in [4.69, 9.17) is 5.84 Å². The minimum atomic E-state index is 0.662. The Hall–Kier alpha value is -1.17. The van der Waals surface area contributed by atoms with Crippen molar-refractivity contribution in [3.05, 3.63) is 24.0 Å². The lowest BCUT2D eigenvalue weighted by molar-refractivity contribution is 0.127. The third-order valence-corrected chi connectivity index (χ3v) is 3.58. The normalized spacial score (nSPS) is 21.2. The Morgan fingerprint density at radius 3 is 3.11 bits per heavy atom. The molecular formula is C13H23N5. The van der Waals surface area contributed by atoms with Gasteiger partial charge in [-0.3, -0.25) is 15.7 Å². The van der Waals surface area contributed by atoms with Gasteiger partial charge in [0.1, 0.15) is 0 Å². The second-order valence-electron chi connectivity index (χ2n) is 5.17. The summed E-state index contributed by atoms with van der Waals surface area (Å²) in [5.41, 5.74) is 4.66. The maximum Gasteiger partial charge on any atom is 0.0564 e. The number of anilines is 1. The van der Waals surface area contributed by atoms with Crippen molar-refractivity contribution in [3.8, 4) is 0 Å². The molecule has 1 atom stereocenters. The molecule has 0 aromatic carbocycles. The summed E-state index contributed by atoms with van der Waals surface area (Å²) in [6.07, 6.45) is 4.36. The molecule has 3 N–H and O–H groups in total. The molecule has 0 radical (unpaired) electrons. The number of nitrogens with zero attached hydrogens (tertiary/aromatic N) is 3. The number of rotatable bonds is 4. The van der Waals surface area contributed by atoms with E-state index < -0.39 is 0 Å². The Bertz CT molecular complexity index is 379. The maximum atomic E-state index is 5.42. The molecule has 1 fully saturated rings. The van der Waals surface area contributed by atoms with Crippen LogP contribution in [0.5, 0.6) is 0 Å². The molecule has 2 rings (SSSR count). The first-order chi connectivity index (χ1) is 8.69. The minimum absolute atomic E-state index is 0.662.